The van der Waals surface area contributed by atoms with Crippen molar-refractivity contribution in [2.45, 2.75) is 65.1 Å². The van der Waals surface area contributed by atoms with Gasteiger partial charge in [0.05, 0.1) is 7.11 Å². The molecule has 2 atom stereocenters. The fraction of sp³-hybridized carbons (Fsp3) is 0.379. The number of terminal acetylenes is 1. The van der Waals surface area contributed by atoms with Gasteiger partial charge in [0.15, 0.2) is 0 Å². The van der Waals surface area contributed by atoms with Crippen LogP contribution in [0.2, 0.25) is 0 Å². The summed E-state index contributed by atoms with van der Waals surface area (Å²) in [5.74, 6) is -1.43. The first-order chi connectivity index (χ1) is 18.2. The predicted octanol–water partition coefficient (Wildman–Crippen LogP) is 3.57. The molecular formula is C29H36N4O6. The molecule has 0 radical (unpaired) electrons. The minimum absolute atomic E-state index is 0.148. The molecule has 0 aliphatic rings. The van der Waals surface area contributed by atoms with Crippen LogP contribution in [0.1, 0.15) is 56.3 Å². The lowest BCUT2D eigenvalue weighted by atomic mass is 9.98. The van der Waals surface area contributed by atoms with Crippen molar-refractivity contribution in [2.75, 3.05) is 12.4 Å². The van der Waals surface area contributed by atoms with Crippen LogP contribution >= 0.6 is 0 Å². The maximum atomic E-state index is 13.8. The second-order valence-electron chi connectivity index (χ2n) is 10.1. The number of hydrogen-bond donors (Lipinski definition) is 3. The summed E-state index contributed by atoms with van der Waals surface area (Å²) >= 11 is 0. The molecule has 2 aromatic carbocycles. The van der Waals surface area contributed by atoms with Gasteiger partial charge in [0.25, 0.3) is 11.8 Å². The van der Waals surface area contributed by atoms with Crippen LogP contribution in [0, 0.1) is 26.3 Å². The van der Waals surface area contributed by atoms with Gasteiger partial charge in [-0.2, -0.15) is 0 Å². The molecule has 0 fully saturated rings. The molecule has 0 spiro atoms. The Kier molecular flexibility index (Phi) is 10.5. The van der Waals surface area contributed by atoms with Gasteiger partial charge in [-0.05, 0) is 70.9 Å². The number of nitrogens with two attached hydrogens (primary N) is 1. The molecule has 0 bridgehead atoms. The third-order valence-corrected chi connectivity index (χ3v) is 5.47. The third-order valence-electron chi connectivity index (χ3n) is 5.47. The zero-order valence-electron chi connectivity index (χ0n) is 23.2. The number of aryl methyl sites for hydroxylation is 2. The van der Waals surface area contributed by atoms with Crippen molar-refractivity contribution >= 4 is 29.5 Å². The SMILES string of the molecule is C#CN(C(=O)C(CCC(N)=O)NC(=O)OC(C)(C)C)C(C(=O)Nc1ccc(OC)cc1)c1cc(C)cc(C)c1. The number of benzene rings is 2. The monoisotopic (exact) mass is 536 g/mol. The Hall–Kier alpha value is -4.52. The summed E-state index contributed by atoms with van der Waals surface area (Å²) in [4.78, 5) is 52.4. The minimum Gasteiger partial charge on any atom is -0.497 e. The standard InChI is InChI=1S/C29H36N4O6/c1-8-33(27(36)23(13-14-24(30)34)32-28(37)39-29(4,5)6)25(20-16-18(2)15-19(3)17-20)26(35)31-21-9-11-22(38-7)12-10-21/h1,9-12,15-17,23,25H,13-14H2,2-7H3,(H2,30,34)(H,31,35)(H,32,37). The molecule has 2 aromatic rings. The van der Waals surface area contributed by atoms with Crippen molar-refractivity contribution in [3.05, 3.63) is 59.2 Å². The summed E-state index contributed by atoms with van der Waals surface area (Å²) in [6, 6.07) is 11.8. The highest BCUT2D eigenvalue weighted by Crippen LogP contribution is 2.27. The van der Waals surface area contributed by atoms with E-state index in [4.69, 9.17) is 21.6 Å². The predicted molar refractivity (Wildman–Crippen MR) is 148 cm³/mol. The van der Waals surface area contributed by atoms with Crippen LogP contribution in [-0.4, -0.2) is 47.5 Å². The highest BCUT2D eigenvalue weighted by atomic mass is 16.6. The normalized spacial score (nSPS) is 12.3. The molecule has 2 unspecified atom stereocenters. The quantitative estimate of drug-likeness (QED) is 0.313. The Morgan fingerprint density at radius 2 is 1.64 bits per heavy atom. The van der Waals surface area contributed by atoms with E-state index in [9.17, 15) is 19.2 Å². The summed E-state index contributed by atoms with van der Waals surface area (Å²) in [6.07, 6.45) is 4.57. The lowest BCUT2D eigenvalue weighted by molar-refractivity contribution is -0.137. The fourth-order valence-corrected chi connectivity index (χ4v) is 3.90. The molecule has 4 amide bonds. The molecule has 0 aliphatic heterocycles. The Balaban J connectivity index is 2.50. The van der Waals surface area contributed by atoms with Gasteiger partial charge >= 0.3 is 6.09 Å². The zero-order chi connectivity index (χ0) is 29.3. The summed E-state index contributed by atoms with van der Waals surface area (Å²) in [5, 5.41) is 5.26. The van der Waals surface area contributed by atoms with E-state index in [1.54, 1.807) is 57.2 Å². The van der Waals surface area contributed by atoms with Gasteiger partial charge in [0.1, 0.15) is 23.4 Å². The number of carbonyl (C=O) groups is 4. The molecule has 2 rings (SSSR count). The van der Waals surface area contributed by atoms with Crippen LogP contribution in [0.4, 0.5) is 10.5 Å². The first-order valence-corrected chi connectivity index (χ1v) is 12.3. The Morgan fingerprint density at radius 3 is 2.13 bits per heavy atom. The molecule has 0 aromatic heterocycles. The maximum absolute atomic E-state index is 13.8. The average molecular weight is 537 g/mol. The van der Waals surface area contributed by atoms with Gasteiger partial charge in [-0.3, -0.25) is 19.3 Å². The number of nitrogens with one attached hydrogen (secondary N) is 2. The Bertz CT molecular complexity index is 1220. The van der Waals surface area contributed by atoms with E-state index in [1.807, 2.05) is 19.9 Å². The lowest BCUT2D eigenvalue weighted by Gasteiger charge is -2.30. The van der Waals surface area contributed by atoms with E-state index in [2.05, 4.69) is 16.7 Å². The van der Waals surface area contributed by atoms with Crippen LogP contribution in [0.25, 0.3) is 0 Å². The first kappa shape index (κ1) is 30.7. The zero-order valence-corrected chi connectivity index (χ0v) is 23.2. The van der Waals surface area contributed by atoms with E-state index < -0.39 is 41.5 Å². The molecule has 10 heteroatoms. The number of methoxy groups -OCH3 is 1. The average Bonchev–Trinajstić information content (AvgIpc) is 2.83. The maximum Gasteiger partial charge on any atom is 0.408 e. The molecule has 39 heavy (non-hydrogen) atoms. The van der Waals surface area contributed by atoms with Crippen molar-refractivity contribution in [3.63, 3.8) is 0 Å². The fourth-order valence-electron chi connectivity index (χ4n) is 3.90. The smallest absolute Gasteiger partial charge is 0.408 e. The number of hydrogen-bond acceptors (Lipinski definition) is 6. The number of alkyl carbamates (subject to hydrolysis) is 1. The van der Waals surface area contributed by atoms with Crippen LogP contribution in [0.15, 0.2) is 42.5 Å². The van der Waals surface area contributed by atoms with Crippen molar-refractivity contribution < 1.29 is 28.7 Å². The van der Waals surface area contributed by atoms with Gasteiger partial charge in [0, 0.05) is 18.2 Å². The van der Waals surface area contributed by atoms with Gasteiger partial charge in [-0.25, -0.2) is 4.79 Å². The topological polar surface area (TPSA) is 140 Å². The number of amides is 4. The molecule has 10 nitrogen and oxygen atoms in total. The van der Waals surface area contributed by atoms with Crippen molar-refractivity contribution in [3.8, 4) is 18.2 Å². The minimum atomic E-state index is -1.29. The van der Waals surface area contributed by atoms with Crippen molar-refractivity contribution in [1.82, 2.24) is 10.2 Å². The van der Waals surface area contributed by atoms with E-state index in [0.717, 1.165) is 16.0 Å². The largest absolute Gasteiger partial charge is 0.497 e. The number of rotatable bonds is 10. The van der Waals surface area contributed by atoms with E-state index in [0.29, 0.717) is 17.0 Å². The van der Waals surface area contributed by atoms with Crippen molar-refractivity contribution in [2.24, 2.45) is 5.73 Å². The number of anilines is 1. The Morgan fingerprint density at radius 1 is 1.05 bits per heavy atom. The summed E-state index contributed by atoms with van der Waals surface area (Å²) in [5.41, 5.74) is 7.09. The molecule has 0 aliphatic carbocycles. The van der Waals surface area contributed by atoms with Crippen molar-refractivity contribution in [1.29, 1.82) is 0 Å². The second-order valence-corrected chi connectivity index (χ2v) is 10.1. The van der Waals surface area contributed by atoms with E-state index in [1.165, 1.54) is 7.11 Å². The molecular weight excluding hydrogens is 500 g/mol. The lowest BCUT2D eigenvalue weighted by Crippen LogP contribution is -2.51. The van der Waals surface area contributed by atoms with Crippen LogP contribution in [0.5, 0.6) is 5.75 Å². The number of carbonyl (C=O) groups excluding carboxylic acids is 4. The van der Waals surface area contributed by atoms with Gasteiger partial charge in [-0.15, -0.1) is 0 Å². The Labute approximate surface area is 229 Å². The van der Waals surface area contributed by atoms with Gasteiger partial charge in [0.2, 0.25) is 5.91 Å². The molecule has 4 N–H and O–H groups in total. The molecule has 208 valence electrons. The molecule has 0 saturated heterocycles. The number of ether oxygens (including phenoxy) is 2. The van der Waals surface area contributed by atoms with E-state index in [-0.39, 0.29) is 12.8 Å². The van der Waals surface area contributed by atoms with Gasteiger partial charge in [-0.1, -0.05) is 35.7 Å². The number of primary amides is 1. The second kappa shape index (κ2) is 13.3. The highest BCUT2D eigenvalue weighted by molar-refractivity contribution is 5.99. The summed E-state index contributed by atoms with van der Waals surface area (Å²) in [6.45, 7) is 8.72. The van der Waals surface area contributed by atoms with Gasteiger partial charge < -0.3 is 25.8 Å². The number of nitrogens with zero attached hydrogens (tertiary/aromatic N) is 1. The molecule has 0 saturated carbocycles. The molecule has 0 heterocycles. The van der Waals surface area contributed by atoms with Crippen LogP contribution < -0.4 is 21.1 Å². The van der Waals surface area contributed by atoms with Crippen LogP contribution in [0.3, 0.4) is 0 Å². The van der Waals surface area contributed by atoms with E-state index >= 15 is 0 Å². The highest BCUT2D eigenvalue weighted by Gasteiger charge is 2.36. The summed E-state index contributed by atoms with van der Waals surface area (Å²) in [7, 11) is 1.53. The first-order valence-electron chi connectivity index (χ1n) is 12.3. The third kappa shape index (κ3) is 9.38. The summed E-state index contributed by atoms with van der Waals surface area (Å²) < 4.78 is 10.4. The van der Waals surface area contributed by atoms with Crippen LogP contribution in [-0.2, 0) is 19.1 Å².